The molecule has 0 bridgehead atoms. The molecule has 2 nitrogen and oxygen atoms in total. The van der Waals surface area contributed by atoms with Crippen molar-refractivity contribution < 1.29 is 0 Å². The molecule has 3 rings (SSSR count). The Morgan fingerprint density at radius 1 is 1.15 bits per heavy atom. The summed E-state index contributed by atoms with van der Waals surface area (Å²) < 4.78 is 0. The van der Waals surface area contributed by atoms with Crippen LogP contribution in [0.2, 0.25) is 0 Å². The lowest BCUT2D eigenvalue weighted by Gasteiger charge is -2.27. The van der Waals surface area contributed by atoms with Crippen LogP contribution in [0.15, 0.2) is 42.6 Å². The van der Waals surface area contributed by atoms with Gasteiger partial charge in [0.25, 0.3) is 0 Å². The van der Waals surface area contributed by atoms with Gasteiger partial charge in [-0.15, -0.1) is 0 Å². The fourth-order valence-electron chi connectivity index (χ4n) is 3.07. The molecule has 20 heavy (non-hydrogen) atoms. The third-order valence-corrected chi connectivity index (χ3v) is 4.11. The summed E-state index contributed by atoms with van der Waals surface area (Å²) in [5, 5.41) is 3.72. The van der Waals surface area contributed by atoms with Crippen LogP contribution in [0, 0.1) is 0 Å². The molecular weight excluding hydrogens is 244 g/mol. The maximum Gasteiger partial charge on any atom is 0.0688 e. The molecule has 0 saturated heterocycles. The molecule has 1 aliphatic carbocycles. The highest BCUT2D eigenvalue weighted by Gasteiger charge is 2.21. The summed E-state index contributed by atoms with van der Waals surface area (Å²) in [7, 11) is 0. The Kier molecular flexibility index (Phi) is 3.72. The minimum absolute atomic E-state index is 0.347. The van der Waals surface area contributed by atoms with Crippen LogP contribution in [0.1, 0.15) is 55.5 Å². The van der Waals surface area contributed by atoms with E-state index >= 15 is 0 Å². The molecule has 1 unspecified atom stereocenters. The second kappa shape index (κ2) is 5.66. The third-order valence-electron chi connectivity index (χ3n) is 4.11. The second-order valence-electron chi connectivity index (χ2n) is 5.88. The minimum Gasteiger partial charge on any atom is -0.376 e. The molecule has 104 valence electrons. The van der Waals surface area contributed by atoms with Crippen LogP contribution in [0.5, 0.6) is 0 Å². The first-order valence-electron chi connectivity index (χ1n) is 7.55. The molecule has 1 N–H and O–H groups in total. The smallest absolute Gasteiger partial charge is 0.0688 e. The molecule has 1 aromatic carbocycles. The van der Waals surface area contributed by atoms with E-state index in [9.17, 15) is 0 Å². The molecule has 0 radical (unpaired) electrons. The highest BCUT2D eigenvalue weighted by Crippen LogP contribution is 2.33. The summed E-state index contributed by atoms with van der Waals surface area (Å²) in [6, 6.07) is 13.2. The Bertz CT molecular complexity index is 589. The van der Waals surface area contributed by atoms with Crippen LogP contribution in [0.25, 0.3) is 0 Å². The van der Waals surface area contributed by atoms with Gasteiger partial charge in [0, 0.05) is 11.9 Å². The van der Waals surface area contributed by atoms with E-state index in [0.29, 0.717) is 12.0 Å². The van der Waals surface area contributed by atoms with Gasteiger partial charge in [-0.25, -0.2) is 0 Å². The monoisotopic (exact) mass is 266 g/mol. The van der Waals surface area contributed by atoms with Crippen molar-refractivity contribution in [3.63, 3.8) is 0 Å². The molecule has 0 spiro atoms. The van der Waals surface area contributed by atoms with Gasteiger partial charge in [-0.3, -0.25) is 4.98 Å². The number of hydrogen-bond acceptors (Lipinski definition) is 2. The van der Waals surface area contributed by atoms with Crippen LogP contribution in [-0.2, 0) is 6.42 Å². The lowest BCUT2D eigenvalue weighted by molar-refractivity contribution is 0.582. The number of pyridine rings is 1. The number of benzene rings is 1. The van der Waals surface area contributed by atoms with Crippen LogP contribution < -0.4 is 5.32 Å². The van der Waals surface area contributed by atoms with Gasteiger partial charge in [-0.1, -0.05) is 38.1 Å². The highest BCUT2D eigenvalue weighted by molar-refractivity contribution is 5.54. The summed E-state index contributed by atoms with van der Waals surface area (Å²) in [5.74, 6) is 0.533. The van der Waals surface area contributed by atoms with E-state index in [1.54, 1.807) is 0 Å². The second-order valence-corrected chi connectivity index (χ2v) is 5.88. The van der Waals surface area contributed by atoms with Crippen LogP contribution in [0.3, 0.4) is 0 Å². The zero-order valence-corrected chi connectivity index (χ0v) is 12.3. The molecule has 1 aromatic heterocycles. The lowest BCUT2D eigenvalue weighted by atomic mass is 9.91. The van der Waals surface area contributed by atoms with E-state index < -0.39 is 0 Å². The van der Waals surface area contributed by atoms with Crippen molar-refractivity contribution >= 4 is 5.69 Å². The Morgan fingerprint density at radius 3 is 2.85 bits per heavy atom. The van der Waals surface area contributed by atoms with Crippen molar-refractivity contribution in [2.45, 2.75) is 45.1 Å². The van der Waals surface area contributed by atoms with Crippen LogP contribution in [-0.4, -0.2) is 4.98 Å². The number of nitrogens with zero attached hydrogens (tertiary/aromatic N) is 1. The first-order valence-corrected chi connectivity index (χ1v) is 7.55. The molecule has 2 heteroatoms. The van der Waals surface area contributed by atoms with E-state index in [4.69, 9.17) is 0 Å². The predicted octanol–water partition coefficient (Wildman–Crippen LogP) is 4.69. The number of hydrogen-bond donors (Lipinski definition) is 1. The predicted molar refractivity (Wildman–Crippen MR) is 84.1 cm³/mol. The van der Waals surface area contributed by atoms with Crippen molar-refractivity contribution in [2.75, 3.05) is 5.32 Å². The first kappa shape index (κ1) is 13.2. The van der Waals surface area contributed by atoms with Crippen LogP contribution >= 0.6 is 0 Å². The van der Waals surface area contributed by atoms with Gasteiger partial charge in [-0.05, 0) is 48.4 Å². The van der Waals surface area contributed by atoms with Gasteiger partial charge in [0.15, 0.2) is 0 Å². The first-order chi connectivity index (χ1) is 9.75. The van der Waals surface area contributed by atoms with Crippen molar-refractivity contribution in [3.05, 3.63) is 59.4 Å². The van der Waals surface area contributed by atoms with Gasteiger partial charge in [-0.2, -0.15) is 0 Å². The summed E-state index contributed by atoms with van der Waals surface area (Å²) in [6.45, 7) is 4.49. The van der Waals surface area contributed by atoms with E-state index in [0.717, 1.165) is 12.8 Å². The molecule has 0 amide bonds. The van der Waals surface area contributed by atoms with E-state index in [1.807, 2.05) is 12.3 Å². The average molecular weight is 266 g/mol. The Labute approximate surface area is 121 Å². The quantitative estimate of drug-likeness (QED) is 0.871. The molecular formula is C18H22N2. The maximum atomic E-state index is 4.61. The number of para-hydroxylation sites is 1. The van der Waals surface area contributed by atoms with Crippen LogP contribution in [0.4, 0.5) is 5.69 Å². The Hall–Kier alpha value is -1.83. The van der Waals surface area contributed by atoms with E-state index in [2.05, 4.69) is 54.5 Å². The minimum atomic E-state index is 0.347. The van der Waals surface area contributed by atoms with Gasteiger partial charge in [0.1, 0.15) is 0 Å². The number of fused-ring (bicyclic) bond motifs is 1. The molecule has 1 atom stereocenters. The molecule has 0 fully saturated rings. The van der Waals surface area contributed by atoms with Crippen molar-refractivity contribution in [2.24, 2.45) is 0 Å². The molecule has 1 heterocycles. The van der Waals surface area contributed by atoms with E-state index in [-0.39, 0.29) is 0 Å². The molecule has 0 saturated carbocycles. The summed E-state index contributed by atoms with van der Waals surface area (Å²) in [6.07, 6.45) is 5.47. The Morgan fingerprint density at radius 2 is 2.00 bits per heavy atom. The lowest BCUT2D eigenvalue weighted by Crippen LogP contribution is -2.19. The normalized spacial score (nSPS) is 17.9. The standard InChI is InChI=1S/C18H22N2/c1-13(2)15-9-3-4-10-16(15)20-17-11-5-7-14-8-6-12-19-18(14)17/h3-4,6,8-10,12-13,17,20H,5,7,11H2,1-2H3. The molecule has 0 aliphatic heterocycles. The number of aryl methyl sites for hydroxylation is 1. The zero-order valence-electron chi connectivity index (χ0n) is 12.3. The SMILES string of the molecule is CC(C)c1ccccc1NC1CCCc2cccnc21. The molecule has 2 aromatic rings. The zero-order chi connectivity index (χ0) is 13.9. The van der Waals surface area contributed by atoms with Gasteiger partial charge in [0.2, 0.25) is 0 Å². The fraction of sp³-hybridized carbons (Fsp3) is 0.389. The number of aromatic nitrogens is 1. The maximum absolute atomic E-state index is 4.61. The number of nitrogens with one attached hydrogen (secondary N) is 1. The average Bonchev–Trinajstić information content (AvgIpc) is 2.48. The van der Waals surface area contributed by atoms with Crippen molar-refractivity contribution in [1.29, 1.82) is 0 Å². The number of rotatable bonds is 3. The van der Waals surface area contributed by atoms with Gasteiger partial charge in [0.05, 0.1) is 11.7 Å². The molecule has 1 aliphatic rings. The summed E-state index contributed by atoms with van der Waals surface area (Å²) in [4.78, 5) is 4.61. The Balaban J connectivity index is 1.90. The topological polar surface area (TPSA) is 24.9 Å². The highest BCUT2D eigenvalue weighted by atomic mass is 15.0. The van der Waals surface area contributed by atoms with E-state index in [1.165, 1.54) is 28.9 Å². The summed E-state index contributed by atoms with van der Waals surface area (Å²) >= 11 is 0. The fourth-order valence-corrected chi connectivity index (χ4v) is 3.07. The van der Waals surface area contributed by atoms with Crippen molar-refractivity contribution in [3.8, 4) is 0 Å². The van der Waals surface area contributed by atoms with Gasteiger partial charge >= 0.3 is 0 Å². The van der Waals surface area contributed by atoms with Gasteiger partial charge < -0.3 is 5.32 Å². The largest absolute Gasteiger partial charge is 0.376 e. The number of anilines is 1. The third kappa shape index (κ3) is 2.55. The summed E-state index contributed by atoms with van der Waals surface area (Å²) in [5.41, 5.74) is 5.28. The van der Waals surface area contributed by atoms with Crippen molar-refractivity contribution in [1.82, 2.24) is 4.98 Å².